The summed E-state index contributed by atoms with van der Waals surface area (Å²) < 4.78 is 0. The van der Waals surface area contributed by atoms with Gasteiger partial charge in [-0.3, -0.25) is 9.79 Å². The van der Waals surface area contributed by atoms with Gasteiger partial charge in [0.15, 0.2) is 0 Å². The standard InChI is InChI=1S/C29H41N7O/c1-6-25(13-9-10-16-30-18-19-36(5)8-3)28(37)34-26-15-14-23(4)27(20-26)35-29(32-7-2)33-22-24-12-11-17-31-21-24/h6-7,9,11-15,17,20,22,24,30H,2,8,10,16,18-19,21H2,1,3-5H3,(H,32,35)(H,34,37)/b13-9-,25-6+,33-22+. The molecule has 1 aromatic rings. The molecule has 1 heterocycles. The smallest absolute Gasteiger partial charge is 0.255 e. The number of rotatable bonds is 13. The highest BCUT2D eigenvalue weighted by molar-refractivity contribution is 6.06. The zero-order chi connectivity index (χ0) is 26.9. The number of dihydropyridines is 1. The molecule has 0 saturated heterocycles. The lowest BCUT2D eigenvalue weighted by Gasteiger charge is -2.13. The number of nitrogens with zero attached hydrogens (tertiary/aromatic N) is 4. The Morgan fingerprint density at radius 2 is 2.14 bits per heavy atom. The summed E-state index contributed by atoms with van der Waals surface area (Å²) in [5.74, 6) is 0.379. The molecule has 1 aliphatic rings. The van der Waals surface area contributed by atoms with Crippen molar-refractivity contribution >= 4 is 35.7 Å². The van der Waals surface area contributed by atoms with Crippen LogP contribution >= 0.6 is 0 Å². The van der Waals surface area contributed by atoms with Gasteiger partial charge in [-0.15, -0.1) is 0 Å². The predicted octanol–water partition coefficient (Wildman–Crippen LogP) is 4.61. The highest BCUT2D eigenvalue weighted by Gasteiger charge is 2.09. The second-order valence-corrected chi connectivity index (χ2v) is 8.67. The van der Waals surface area contributed by atoms with Gasteiger partial charge in [-0.25, -0.2) is 9.98 Å². The Morgan fingerprint density at radius 3 is 2.84 bits per heavy atom. The number of aryl methyl sites for hydroxylation is 1. The fraction of sp³-hybridized carbons (Fsp3) is 0.379. The number of hydrogen-bond donors (Lipinski definition) is 3. The minimum absolute atomic E-state index is 0.124. The molecule has 8 nitrogen and oxygen atoms in total. The lowest BCUT2D eigenvalue weighted by Crippen LogP contribution is -2.29. The van der Waals surface area contributed by atoms with Gasteiger partial charge < -0.3 is 20.9 Å². The van der Waals surface area contributed by atoms with Crippen LogP contribution in [-0.2, 0) is 4.79 Å². The summed E-state index contributed by atoms with van der Waals surface area (Å²) in [4.78, 5) is 28.1. The van der Waals surface area contributed by atoms with Crippen molar-refractivity contribution in [2.24, 2.45) is 20.9 Å². The number of guanidine groups is 1. The molecule has 37 heavy (non-hydrogen) atoms. The van der Waals surface area contributed by atoms with Crippen molar-refractivity contribution in [1.29, 1.82) is 0 Å². The summed E-state index contributed by atoms with van der Waals surface area (Å²) in [7, 11) is 2.11. The topological polar surface area (TPSA) is 93.5 Å². The summed E-state index contributed by atoms with van der Waals surface area (Å²) in [6.07, 6.45) is 15.6. The van der Waals surface area contributed by atoms with Crippen molar-refractivity contribution in [3.63, 3.8) is 0 Å². The largest absolute Gasteiger partial charge is 0.324 e. The molecule has 1 atom stereocenters. The second kappa shape index (κ2) is 16.9. The third kappa shape index (κ3) is 11.3. The molecule has 0 fully saturated rings. The van der Waals surface area contributed by atoms with E-state index in [2.05, 4.69) is 56.4 Å². The van der Waals surface area contributed by atoms with Crippen LogP contribution in [0.4, 0.5) is 11.4 Å². The molecule has 3 N–H and O–H groups in total. The summed E-state index contributed by atoms with van der Waals surface area (Å²) in [5.41, 5.74) is 3.09. The van der Waals surface area contributed by atoms with Gasteiger partial charge in [-0.2, -0.15) is 0 Å². The number of amides is 1. The van der Waals surface area contributed by atoms with Gasteiger partial charge in [-0.1, -0.05) is 43.9 Å². The van der Waals surface area contributed by atoms with Crippen molar-refractivity contribution in [3.8, 4) is 0 Å². The molecule has 8 heteroatoms. The Hall–Kier alpha value is -3.62. The maximum Gasteiger partial charge on any atom is 0.255 e. The number of carbonyl (C=O) groups excluding carboxylic acids is 1. The van der Waals surface area contributed by atoms with E-state index in [0.29, 0.717) is 23.8 Å². The van der Waals surface area contributed by atoms with E-state index in [1.54, 1.807) is 6.21 Å². The second-order valence-electron chi connectivity index (χ2n) is 8.67. The van der Waals surface area contributed by atoms with Gasteiger partial charge in [0.25, 0.3) is 5.91 Å². The van der Waals surface area contributed by atoms with Gasteiger partial charge in [0.1, 0.15) is 0 Å². The normalized spacial score (nSPS) is 16.2. The summed E-state index contributed by atoms with van der Waals surface area (Å²) >= 11 is 0. The van der Waals surface area contributed by atoms with Crippen LogP contribution in [0, 0.1) is 12.8 Å². The molecule has 0 spiro atoms. The fourth-order valence-corrected chi connectivity index (χ4v) is 3.35. The highest BCUT2D eigenvalue weighted by Crippen LogP contribution is 2.21. The molecule has 0 radical (unpaired) electrons. The van der Waals surface area contributed by atoms with Gasteiger partial charge >= 0.3 is 0 Å². The van der Waals surface area contributed by atoms with E-state index in [-0.39, 0.29) is 11.8 Å². The summed E-state index contributed by atoms with van der Waals surface area (Å²) in [5, 5.41) is 9.65. The number of likely N-dealkylation sites (N-methyl/N-ethyl adjacent to an activating group) is 1. The first-order valence-corrected chi connectivity index (χ1v) is 12.8. The number of anilines is 2. The predicted molar refractivity (Wildman–Crippen MR) is 159 cm³/mol. The Morgan fingerprint density at radius 1 is 1.30 bits per heavy atom. The van der Waals surface area contributed by atoms with Crippen LogP contribution in [0.5, 0.6) is 0 Å². The van der Waals surface area contributed by atoms with Crippen LogP contribution in [0.25, 0.3) is 0 Å². The first-order chi connectivity index (χ1) is 18.0. The molecule has 0 aromatic heterocycles. The van der Waals surface area contributed by atoms with Crippen LogP contribution in [0.1, 0.15) is 25.8 Å². The minimum Gasteiger partial charge on any atom is -0.324 e. The third-order valence-corrected chi connectivity index (χ3v) is 5.78. The maximum absolute atomic E-state index is 12.9. The third-order valence-electron chi connectivity index (χ3n) is 5.78. The van der Waals surface area contributed by atoms with E-state index in [0.717, 1.165) is 43.9 Å². The molecule has 0 aliphatic carbocycles. The number of benzene rings is 1. The molecule has 198 valence electrons. The van der Waals surface area contributed by atoms with E-state index in [1.165, 1.54) is 6.20 Å². The fourth-order valence-electron chi connectivity index (χ4n) is 3.35. The van der Waals surface area contributed by atoms with E-state index >= 15 is 0 Å². The molecular weight excluding hydrogens is 462 g/mol. The lowest BCUT2D eigenvalue weighted by molar-refractivity contribution is -0.112. The monoisotopic (exact) mass is 503 g/mol. The first kappa shape index (κ1) is 29.6. The first-order valence-electron chi connectivity index (χ1n) is 12.8. The van der Waals surface area contributed by atoms with E-state index < -0.39 is 0 Å². The Kier molecular flexibility index (Phi) is 13.6. The Labute approximate surface area is 221 Å². The van der Waals surface area contributed by atoms with Gasteiger partial charge in [0, 0.05) is 54.6 Å². The molecule has 0 bridgehead atoms. The minimum atomic E-state index is -0.159. The van der Waals surface area contributed by atoms with Crippen LogP contribution in [0.15, 0.2) is 81.9 Å². The number of allylic oxidation sites excluding steroid dienone is 2. The molecule has 1 aromatic carbocycles. The summed E-state index contributed by atoms with van der Waals surface area (Å²) in [6, 6.07) is 5.70. The zero-order valence-electron chi connectivity index (χ0n) is 22.6. The van der Waals surface area contributed by atoms with Gasteiger partial charge in [0.2, 0.25) is 5.96 Å². The van der Waals surface area contributed by atoms with Crippen LogP contribution in [0.3, 0.4) is 0 Å². The quantitative estimate of drug-likeness (QED) is 0.121. The average molecular weight is 504 g/mol. The van der Waals surface area contributed by atoms with E-state index in [1.807, 2.05) is 68.6 Å². The lowest BCUT2D eigenvalue weighted by atomic mass is 10.1. The van der Waals surface area contributed by atoms with Crippen molar-refractivity contribution in [3.05, 3.63) is 72.5 Å². The van der Waals surface area contributed by atoms with Gasteiger partial charge in [-0.05, 0) is 64.2 Å². The average Bonchev–Trinajstić information content (AvgIpc) is 2.91. The molecular formula is C29H41N7O. The maximum atomic E-state index is 12.9. The number of hydrogen-bond acceptors (Lipinski definition) is 5. The highest BCUT2D eigenvalue weighted by atomic mass is 16.1. The molecule has 1 unspecified atom stereocenters. The van der Waals surface area contributed by atoms with Crippen molar-refractivity contribution < 1.29 is 4.79 Å². The Bertz CT molecular complexity index is 1070. The van der Waals surface area contributed by atoms with Crippen molar-refractivity contribution in [2.75, 3.05) is 50.4 Å². The molecule has 2 rings (SSSR count). The van der Waals surface area contributed by atoms with Crippen LogP contribution in [0.2, 0.25) is 0 Å². The SMILES string of the molecule is C=CN=C(/N=C/C1C=CC=NC1)Nc1cc(NC(=O)C(/C=C\CCNCCN(C)CC)=C/C)ccc1C. The van der Waals surface area contributed by atoms with Crippen molar-refractivity contribution in [1.82, 2.24) is 10.2 Å². The number of nitrogens with one attached hydrogen (secondary N) is 3. The zero-order valence-corrected chi connectivity index (χ0v) is 22.6. The molecule has 1 amide bonds. The van der Waals surface area contributed by atoms with Gasteiger partial charge in [0.05, 0.1) is 6.54 Å². The summed E-state index contributed by atoms with van der Waals surface area (Å²) in [6.45, 7) is 14.2. The van der Waals surface area contributed by atoms with E-state index in [4.69, 9.17) is 0 Å². The van der Waals surface area contributed by atoms with E-state index in [9.17, 15) is 4.79 Å². The van der Waals surface area contributed by atoms with Crippen molar-refractivity contribution in [2.45, 2.75) is 27.2 Å². The number of aliphatic imine (C=N–C) groups is 3. The number of carbonyl (C=O) groups is 1. The molecule has 1 aliphatic heterocycles. The molecule has 0 saturated carbocycles. The Balaban J connectivity index is 1.95. The van der Waals surface area contributed by atoms with Crippen LogP contribution in [-0.4, -0.2) is 69.0 Å². The van der Waals surface area contributed by atoms with Crippen LogP contribution < -0.4 is 16.0 Å².